The highest BCUT2D eigenvalue weighted by atomic mass is 16.5. The Labute approximate surface area is 92.2 Å². The fraction of sp³-hybridized carbons (Fsp3) is 0.538. The lowest BCUT2D eigenvalue weighted by Crippen LogP contribution is -2.01. The number of rotatable bonds is 6. The zero-order valence-electron chi connectivity index (χ0n) is 9.82. The topological polar surface area (TPSA) is 18.5 Å². The molecule has 0 unspecified atom stereocenters. The minimum Gasteiger partial charge on any atom is -0.497 e. The molecule has 0 spiro atoms. The van der Waals surface area contributed by atoms with Crippen molar-refractivity contribution in [3.63, 3.8) is 0 Å². The van der Waals surface area contributed by atoms with Gasteiger partial charge in [-0.1, -0.05) is 25.5 Å². The molecular weight excluding hydrogens is 188 g/mol. The van der Waals surface area contributed by atoms with Crippen LogP contribution in [-0.2, 0) is 4.74 Å². The van der Waals surface area contributed by atoms with Crippen molar-refractivity contribution < 1.29 is 9.47 Å². The lowest BCUT2D eigenvalue weighted by atomic mass is 10.1. The first kappa shape index (κ1) is 12.1. The zero-order chi connectivity index (χ0) is 11.1. The SMILES string of the molecule is CCCCO[C@H](C)c1ccc(OC)cc1. The lowest BCUT2D eigenvalue weighted by Gasteiger charge is -2.13. The van der Waals surface area contributed by atoms with Gasteiger partial charge in [0, 0.05) is 6.61 Å². The van der Waals surface area contributed by atoms with Crippen LogP contribution in [0, 0.1) is 0 Å². The van der Waals surface area contributed by atoms with E-state index in [0.29, 0.717) is 0 Å². The molecule has 0 aliphatic carbocycles. The highest BCUT2D eigenvalue weighted by Crippen LogP contribution is 2.20. The molecular formula is C13H20O2. The van der Waals surface area contributed by atoms with Gasteiger partial charge in [0.15, 0.2) is 0 Å². The van der Waals surface area contributed by atoms with Crippen LogP contribution in [0.3, 0.4) is 0 Å². The zero-order valence-corrected chi connectivity index (χ0v) is 9.82. The molecule has 84 valence electrons. The molecule has 1 atom stereocenters. The number of unbranched alkanes of at least 4 members (excludes halogenated alkanes) is 1. The highest BCUT2D eigenvalue weighted by Gasteiger charge is 2.04. The maximum Gasteiger partial charge on any atom is 0.118 e. The number of hydrogen-bond acceptors (Lipinski definition) is 2. The molecule has 0 radical (unpaired) electrons. The minimum absolute atomic E-state index is 0.169. The Morgan fingerprint density at radius 2 is 1.87 bits per heavy atom. The molecule has 0 saturated heterocycles. The van der Waals surface area contributed by atoms with Crippen LogP contribution < -0.4 is 4.74 Å². The van der Waals surface area contributed by atoms with Gasteiger partial charge in [0.2, 0.25) is 0 Å². The van der Waals surface area contributed by atoms with Gasteiger partial charge in [0.05, 0.1) is 13.2 Å². The molecule has 0 aromatic heterocycles. The molecule has 1 aromatic carbocycles. The first-order valence-corrected chi connectivity index (χ1v) is 5.53. The Balaban J connectivity index is 2.46. The average molecular weight is 208 g/mol. The van der Waals surface area contributed by atoms with Crippen molar-refractivity contribution in [2.75, 3.05) is 13.7 Å². The first-order valence-electron chi connectivity index (χ1n) is 5.53. The van der Waals surface area contributed by atoms with E-state index in [1.165, 1.54) is 12.0 Å². The molecule has 0 aliphatic heterocycles. The van der Waals surface area contributed by atoms with Crippen LogP contribution in [0.1, 0.15) is 38.4 Å². The Bertz CT molecular complexity index is 266. The molecule has 2 heteroatoms. The Morgan fingerprint density at radius 3 is 2.40 bits per heavy atom. The smallest absolute Gasteiger partial charge is 0.118 e. The summed E-state index contributed by atoms with van der Waals surface area (Å²) in [5.41, 5.74) is 1.20. The summed E-state index contributed by atoms with van der Waals surface area (Å²) in [6, 6.07) is 8.04. The Hall–Kier alpha value is -1.02. The van der Waals surface area contributed by atoms with Gasteiger partial charge in [0.1, 0.15) is 5.75 Å². The number of methoxy groups -OCH3 is 1. The predicted octanol–water partition coefficient (Wildman–Crippen LogP) is 3.57. The van der Waals surface area contributed by atoms with Crippen molar-refractivity contribution in [1.82, 2.24) is 0 Å². The largest absolute Gasteiger partial charge is 0.497 e. The van der Waals surface area contributed by atoms with E-state index in [2.05, 4.69) is 26.0 Å². The van der Waals surface area contributed by atoms with Gasteiger partial charge in [-0.3, -0.25) is 0 Å². The Kier molecular flexibility index (Phi) is 5.19. The third-order valence-corrected chi connectivity index (χ3v) is 2.45. The summed E-state index contributed by atoms with van der Waals surface area (Å²) in [6.45, 7) is 5.09. The summed E-state index contributed by atoms with van der Waals surface area (Å²) >= 11 is 0. The van der Waals surface area contributed by atoms with Gasteiger partial charge >= 0.3 is 0 Å². The van der Waals surface area contributed by atoms with Gasteiger partial charge < -0.3 is 9.47 Å². The van der Waals surface area contributed by atoms with Crippen LogP contribution in [-0.4, -0.2) is 13.7 Å². The number of benzene rings is 1. The molecule has 0 heterocycles. The molecule has 2 nitrogen and oxygen atoms in total. The van der Waals surface area contributed by atoms with Crippen LogP contribution in [0.5, 0.6) is 5.75 Å². The van der Waals surface area contributed by atoms with Gasteiger partial charge in [-0.25, -0.2) is 0 Å². The van der Waals surface area contributed by atoms with E-state index in [1.54, 1.807) is 7.11 Å². The molecule has 0 aliphatic rings. The van der Waals surface area contributed by atoms with Crippen LogP contribution >= 0.6 is 0 Å². The highest BCUT2D eigenvalue weighted by molar-refractivity contribution is 5.28. The van der Waals surface area contributed by atoms with Crippen molar-refractivity contribution >= 4 is 0 Å². The first-order chi connectivity index (χ1) is 7.27. The van der Waals surface area contributed by atoms with Crippen molar-refractivity contribution in [3.05, 3.63) is 29.8 Å². The van der Waals surface area contributed by atoms with E-state index in [9.17, 15) is 0 Å². The standard InChI is InChI=1S/C13H20O2/c1-4-5-10-15-11(2)12-6-8-13(14-3)9-7-12/h6-9,11H,4-5,10H2,1-3H3/t11-/m1/s1. The molecule has 0 amide bonds. The normalized spacial score (nSPS) is 12.5. The second kappa shape index (κ2) is 6.46. The molecule has 0 saturated carbocycles. The van der Waals surface area contributed by atoms with E-state index in [1.807, 2.05) is 12.1 Å². The maximum atomic E-state index is 5.70. The van der Waals surface area contributed by atoms with Crippen molar-refractivity contribution in [3.8, 4) is 5.75 Å². The summed E-state index contributed by atoms with van der Waals surface area (Å²) in [6.07, 6.45) is 2.47. The average Bonchev–Trinajstić information content (AvgIpc) is 2.29. The molecule has 1 aromatic rings. The van der Waals surface area contributed by atoms with Crippen molar-refractivity contribution in [1.29, 1.82) is 0 Å². The molecule has 0 N–H and O–H groups in total. The molecule has 15 heavy (non-hydrogen) atoms. The summed E-state index contributed by atoms with van der Waals surface area (Å²) < 4.78 is 10.8. The maximum absolute atomic E-state index is 5.70. The van der Waals surface area contributed by atoms with Gasteiger partial charge in [-0.15, -0.1) is 0 Å². The quantitative estimate of drug-likeness (QED) is 0.665. The summed E-state index contributed by atoms with van der Waals surface area (Å²) in [7, 11) is 1.68. The monoisotopic (exact) mass is 208 g/mol. The van der Waals surface area contributed by atoms with E-state index >= 15 is 0 Å². The van der Waals surface area contributed by atoms with E-state index < -0.39 is 0 Å². The van der Waals surface area contributed by atoms with Crippen LogP contribution in [0.25, 0.3) is 0 Å². The van der Waals surface area contributed by atoms with Crippen molar-refractivity contribution in [2.45, 2.75) is 32.8 Å². The molecule has 1 rings (SSSR count). The third-order valence-electron chi connectivity index (χ3n) is 2.45. The van der Waals surface area contributed by atoms with Crippen LogP contribution in [0.15, 0.2) is 24.3 Å². The number of hydrogen-bond donors (Lipinski definition) is 0. The summed E-state index contributed by atoms with van der Waals surface area (Å²) in [4.78, 5) is 0. The third kappa shape index (κ3) is 3.92. The van der Waals surface area contributed by atoms with Gasteiger partial charge in [0.25, 0.3) is 0 Å². The molecule has 0 fully saturated rings. The van der Waals surface area contributed by atoms with Gasteiger partial charge in [-0.2, -0.15) is 0 Å². The fourth-order valence-corrected chi connectivity index (χ4v) is 1.38. The van der Waals surface area contributed by atoms with E-state index in [0.717, 1.165) is 18.8 Å². The van der Waals surface area contributed by atoms with Crippen LogP contribution in [0.2, 0.25) is 0 Å². The second-order valence-electron chi connectivity index (χ2n) is 3.64. The summed E-state index contributed by atoms with van der Waals surface area (Å²) in [5, 5.41) is 0. The second-order valence-corrected chi connectivity index (χ2v) is 3.64. The van der Waals surface area contributed by atoms with E-state index in [-0.39, 0.29) is 6.10 Å². The lowest BCUT2D eigenvalue weighted by molar-refractivity contribution is 0.0636. The van der Waals surface area contributed by atoms with Gasteiger partial charge in [-0.05, 0) is 31.0 Å². The summed E-state index contributed by atoms with van der Waals surface area (Å²) in [5.74, 6) is 0.888. The predicted molar refractivity (Wildman–Crippen MR) is 62.3 cm³/mol. The van der Waals surface area contributed by atoms with Crippen molar-refractivity contribution in [2.24, 2.45) is 0 Å². The molecule has 0 bridgehead atoms. The minimum atomic E-state index is 0.169. The number of ether oxygens (including phenoxy) is 2. The fourth-order valence-electron chi connectivity index (χ4n) is 1.38. The van der Waals surface area contributed by atoms with Crippen LogP contribution in [0.4, 0.5) is 0 Å². The Morgan fingerprint density at radius 1 is 1.20 bits per heavy atom. The van der Waals surface area contributed by atoms with E-state index in [4.69, 9.17) is 9.47 Å².